The SMILES string of the molecule is CCc1cc(N2CCCC3(CC=CCC3)C2)nc(C)n1. The number of aryl methyl sites for hydroxylation is 2. The first-order valence-corrected chi connectivity index (χ1v) is 7.95. The lowest BCUT2D eigenvalue weighted by atomic mass is 9.71. The zero-order chi connectivity index (χ0) is 14.0. The average Bonchev–Trinajstić information content (AvgIpc) is 2.47. The summed E-state index contributed by atoms with van der Waals surface area (Å²) in [5, 5.41) is 0. The molecule has 3 nitrogen and oxygen atoms in total. The van der Waals surface area contributed by atoms with Gasteiger partial charge in [0.1, 0.15) is 11.6 Å². The second kappa shape index (κ2) is 5.55. The summed E-state index contributed by atoms with van der Waals surface area (Å²) in [6, 6.07) is 2.19. The zero-order valence-electron chi connectivity index (χ0n) is 12.7. The van der Waals surface area contributed by atoms with E-state index in [1.165, 1.54) is 32.1 Å². The number of piperidine rings is 1. The van der Waals surface area contributed by atoms with Crippen molar-refractivity contribution >= 4 is 5.82 Å². The first kappa shape index (κ1) is 13.6. The molecular formula is C17H25N3. The highest BCUT2D eigenvalue weighted by Crippen LogP contribution is 2.41. The molecule has 0 aromatic carbocycles. The number of nitrogens with zero attached hydrogens (tertiary/aromatic N) is 3. The predicted octanol–water partition coefficient (Wildman–Crippen LogP) is 3.67. The topological polar surface area (TPSA) is 29.0 Å². The number of hydrogen-bond donors (Lipinski definition) is 0. The fourth-order valence-corrected chi connectivity index (χ4v) is 3.67. The van der Waals surface area contributed by atoms with Crippen molar-refractivity contribution in [3.63, 3.8) is 0 Å². The molecule has 1 aliphatic heterocycles. The van der Waals surface area contributed by atoms with Crippen LogP contribution in [0.25, 0.3) is 0 Å². The molecule has 0 saturated carbocycles. The fourth-order valence-electron chi connectivity index (χ4n) is 3.67. The van der Waals surface area contributed by atoms with Gasteiger partial charge in [-0.05, 0) is 50.9 Å². The van der Waals surface area contributed by atoms with Crippen LogP contribution in [0.1, 0.15) is 50.5 Å². The molecular weight excluding hydrogens is 246 g/mol. The Kier molecular flexibility index (Phi) is 3.77. The van der Waals surface area contributed by atoms with E-state index in [4.69, 9.17) is 0 Å². The molecule has 1 atom stereocenters. The fraction of sp³-hybridized carbons (Fsp3) is 0.647. The molecule has 0 amide bonds. The third kappa shape index (κ3) is 2.72. The monoisotopic (exact) mass is 271 g/mol. The summed E-state index contributed by atoms with van der Waals surface area (Å²) >= 11 is 0. The van der Waals surface area contributed by atoms with Crippen molar-refractivity contribution in [2.45, 2.75) is 52.4 Å². The molecule has 2 aliphatic rings. The van der Waals surface area contributed by atoms with E-state index in [2.05, 4.69) is 40.0 Å². The second-order valence-corrected chi connectivity index (χ2v) is 6.36. The molecule has 20 heavy (non-hydrogen) atoms. The number of anilines is 1. The summed E-state index contributed by atoms with van der Waals surface area (Å²) in [6.07, 6.45) is 12.2. The average molecular weight is 271 g/mol. The van der Waals surface area contributed by atoms with E-state index in [1.54, 1.807) is 0 Å². The highest BCUT2D eigenvalue weighted by Gasteiger charge is 2.35. The molecule has 1 saturated heterocycles. The summed E-state index contributed by atoms with van der Waals surface area (Å²) in [5.41, 5.74) is 1.66. The van der Waals surface area contributed by atoms with Gasteiger partial charge >= 0.3 is 0 Å². The molecule has 108 valence electrons. The Hall–Kier alpha value is -1.38. The van der Waals surface area contributed by atoms with Crippen LogP contribution >= 0.6 is 0 Å². The van der Waals surface area contributed by atoms with Crippen molar-refractivity contribution in [1.29, 1.82) is 0 Å². The molecule has 3 heteroatoms. The number of rotatable bonds is 2. The van der Waals surface area contributed by atoms with Crippen LogP contribution in [0.3, 0.4) is 0 Å². The maximum absolute atomic E-state index is 4.68. The third-order valence-electron chi connectivity index (χ3n) is 4.78. The molecule has 1 spiro atoms. The van der Waals surface area contributed by atoms with E-state index in [1.807, 2.05) is 6.92 Å². The van der Waals surface area contributed by atoms with Crippen molar-refractivity contribution in [3.05, 3.63) is 29.7 Å². The lowest BCUT2D eigenvalue weighted by molar-refractivity contribution is 0.209. The Morgan fingerprint density at radius 3 is 2.90 bits per heavy atom. The Labute approximate surface area is 122 Å². The van der Waals surface area contributed by atoms with Gasteiger partial charge in [-0.15, -0.1) is 0 Å². The Bertz CT molecular complexity index is 509. The van der Waals surface area contributed by atoms with Crippen LogP contribution in [0.5, 0.6) is 0 Å². The first-order chi connectivity index (χ1) is 9.71. The molecule has 0 bridgehead atoms. The number of allylic oxidation sites excluding steroid dienone is 2. The molecule has 1 aliphatic carbocycles. The van der Waals surface area contributed by atoms with Gasteiger partial charge in [0.05, 0.1) is 0 Å². The molecule has 0 radical (unpaired) electrons. The first-order valence-electron chi connectivity index (χ1n) is 7.95. The molecule has 3 rings (SSSR count). The van der Waals surface area contributed by atoms with Crippen molar-refractivity contribution in [2.75, 3.05) is 18.0 Å². The molecule has 1 unspecified atom stereocenters. The van der Waals surface area contributed by atoms with E-state index < -0.39 is 0 Å². The van der Waals surface area contributed by atoms with Crippen molar-refractivity contribution < 1.29 is 0 Å². The quantitative estimate of drug-likeness (QED) is 0.768. The van der Waals surface area contributed by atoms with Gasteiger partial charge < -0.3 is 4.90 Å². The zero-order valence-corrected chi connectivity index (χ0v) is 12.7. The van der Waals surface area contributed by atoms with Crippen LogP contribution in [-0.4, -0.2) is 23.1 Å². The van der Waals surface area contributed by atoms with Gasteiger partial charge in [-0.2, -0.15) is 0 Å². The highest BCUT2D eigenvalue weighted by atomic mass is 15.2. The minimum absolute atomic E-state index is 0.498. The summed E-state index contributed by atoms with van der Waals surface area (Å²) < 4.78 is 0. The van der Waals surface area contributed by atoms with E-state index >= 15 is 0 Å². The minimum atomic E-state index is 0.498. The lowest BCUT2D eigenvalue weighted by Gasteiger charge is -2.44. The van der Waals surface area contributed by atoms with Crippen LogP contribution in [0.2, 0.25) is 0 Å². The van der Waals surface area contributed by atoms with Crippen LogP contribution in [0, 0.1) is 12.3 Å². The molecule has 1 aromatic heterocycles. The van der Waals surface area contributed by atoms with Gasteiger partial charge in [0.25, 0.3) is 0 Å². The van der Waals surface area contributed by atoms with Crippen molar-refractivity contribution in [1.82, 2.24) is 9.97 Å². The molecule has 1 aromatic rings. The van der Waals surface area contributed by atoms with E-state index in [9.17, 15) is 0 Å². The maximum atomic E-state index is 4.68. The van der Waals surface area contributed by atoms with Crippen molar-refractivity contribution in [2.24, 2.45) is 5.41 Å². The van der Waals surface area contributed by atoms with Gasteiger partial charge in [0.2, 0.25) is 0 Å². The largest absolute Gasteiger partial charge is 0.356 e. The van der Waals surface area contributed by atoms with Crippen molar-refractivity contribution in [3.8, 4) is 0 Å². The summed E-state index contributed by atoms with van der Waals surface area (Å²) in [5.74, 6) is 2.05. The Balaban J connectivity index is 1.83. The molecule has 0 N–H and O–H groups in total. The lowest BCUT2D eigenvalue weighted by Crippen LogP contribution is -2.44. The standard InChI is InChI=1S/C17H25N3/c1-3-15-12-16(19-14(2)18-15)20-11-7-10-17(13-20)8-5-4-6-9-17/h4-5,12H,3,6-11,13H2,1-2H3. The van der Waals surface area contributed by atoms with Gasteiger partial charge in [0, 0.05) is 24.8 Å². The molecule has 2 heterocycles. The summed E-state index contributed by atoms with van der Waals surface area (Å²) in [4.78, 5) is 11.7. The van der Waals surface area contributed by atoms with Crippen LogP contribution in [0.4, 0.5) is 5.82 Å². The van der Waals surface area contributed by atoms with Gasteiger partial charge in [-0.1, -0.05) is 19.1 Å². The van der Waals surface area contributed by atoms with Crippen LogP contribution in [0.15, 0.2) is 18.2 Å². The number of aromatic nitrogens is 2. The second-order valence-electron chi connectivity index (χ2n) is 6.36. The smallest absolute Gasteiger partial charge is 0.132 e. The van der Waals surface area contributed by atoms with Crippen LogP contribution in [-0.2, 0) is 6.42 Å². The maximum Gasteiger partial charge on any atom is 0.132 e. The summed E-state index contributed by atoms with van der Waals surface area (Å²) in [7, 11) is 0. The predicted molar refractivity (Wildman–Crippen MR) is 83.0 cm³/mol. The normalized spacial score (nSPS) is 26.2. The van der Waals surface area contributed by atoms with Crippen LogP contribution < -0.4 is 4.90 Å². The van der Waals surface area contributed by atoms with Gasteiger partial charge in [0.15, 0.2) is 0 Å². The van der Waals surface area contributed by atoms with E-state index in [-0.39, 0.29) is 0 Å². The Morgan fingerprint density at radius 1 is 1.25 bits per heavy atom. The Morgan fingerprint density at radius 2 is 2.15 bits per heavy atom. The third-order valence-corrected chi connectivity index (χ3v) is 4.78. The van der Waals surface area contributed by atoms with E-state index in [0.717, 1.165) is 36.8 Å². The molecule has 1 fully saturated rings. The van der Waals surface area contributed by atoms with Gasteiger partial charge in [-0.3, -0.25) is 0 Å². The number of hydrogen-bond acceptors (Lipinski definition) is 3. The minimum Gasteiger partial charge on any atom is -0.356 e. The highest BCUT2D eigenvalue weighted by molar-refractivity contribution is 5.41. The van der Waals surface area contributed by atoms with E-state index in [0.29, 0.717) is 5.41 Å². The van der Waals surface area contributed by atoms with Gasteiger partial charge in [-0.25, -0.2) is 9.97 Å². The summed E-state index contributed by atoms with van der Waals surface area (Å²) in [6.45, 7) is 6.48.